The van der Waals surface area contributed by atoms with Crippen molar-refractivity contribution in [3.8, 4) is 0 Å². The van der Waals surface area contributed by atoms with Gasteiger partial charge in [0.1, 0.15) is 6.54 Å². The third kappa shape index (κ3) is 10.0. The number of guanidine groups is 1. The highest BCUT2D eigenvalue weighted by atomic mass is 127. The van der Waals surface area contributed by atoms with Crippen LogP contribution in [0.5, 0.6) is 0 Å². The Morgan fingerprint density at radius 3 is 2.50 bits per heavy atom. The number of nitrogens with zero attached hydrogens (tertiary/aromatic N) is 2. The number of carbonyl (C=O) groups is 1. The van der Waals surface area contributed by atoms with Crippen molar-refractivity contribution in [2.24, 2.45) is 4.99 Å². The summed E-state index contributed by atoms with van der Waals surface area (Å²) in [7, 11) is 3.48. The van der Waals surface area contributed by atoms with Crippen LogP contribution in [0, 0.1) is 0 Å². The number of aliphatic imine (C=N–C) groups is 1. The predicted octanol–water partition coefficient (Wildman–Crippen LogP) is 2.82. The third-order valence-electron chi connectivity index (χ3n) is 3.05. The second kappa shape index (κ2) is 13.3. The molecule has 0 aliphatic heterocycles. The number of halogens is 1. The number of thioether (sulfide) groups is 1. The average molecular weight is 464 g/mol. The summed E-state index contributed by atoms with van der Waals surface area (Å²) in [6.45, 7) is 6.05. The van der Waals surface area contributed by atoms with Gasteiger partial charge in [-0.2, -0.15) is 0 Å². The van der Waals surface area contributed by atoms with Crippen LogP contribution < -0.4 is 10.6 Å². The minimum Gasteiger partial charge on any atom is -0.356 e. The van der Waals surface area contributed by atoms with E-state index in [-0.39, 0.29) is 36.4 Å². The van der Waals surface area contributed by atoms with Crippen LogP contribution in [0.2, 0.25) is 0 Å². The summed E-state index contributed by atoms with van der Waals surface area (Å²) in [5.41, 5.74) is 0. The third-order valence-corrected chi connectivity index (χ3v) is 4.16. The van der Waals surface area contributed by atoms with E-state index in [0.717, 1.165) is 19.5 Å². The van der Waals surface area contributed by atoms with Gasteiger partial charge in [-0.15, -0.1) is 35.7 Å². The molecule has 136 valence electrons. The fraction of sp³-hybridized carbons (Fsp3) is 0.529. The van der Waals surface area contributed by atoms with Gasteiger partial charge in [-0.1, -0.05) is 32.0 Å². The standard InChI is InChI=1S/C17H28N4OS.HI/c1-5-11-18-17(20-13-16(22)21(3)4)19-12-14(2)23-15-9-7-6-8-10-15;/h6-10,14H,5,11-13H2,1-4H3,(H2,18,19,20);1H. The van der Waals surface area contributed by atoms with E-state index < -0.39 is 0 Å². The molecule has 0 aliphatic carbocycles. The summed E-state index contributed by atoms with van der Waals surface area (Å²) in [6, 6.07) is 10.3. The van der Waals surface area contributed by atoms with Crippen molar-refractivity contribution in [2.45, 2.75) is 30.4 Å². The molecule has 1 atom stereocenters. The van der Waals surface area contributed by atoms with Crippen molar-refractivity contribution in [1.29, 1.82) is 0 Å². The second-order valence-electron chi connectivity index (χ2n) is 5.50. The summed E-state index contributed by atoms with van der Waals surface area (Å²) in [4.78, 5) is 18.8. The molecule has 0 heterocycles. The SMILES string of the molecule is CCCNC(=NCC(=O)N(C)C)NCC(C)Sc1ccccc1.I. The number of hydrogen-bond donors (Lipinski definition) is 2. The van der Waals surface area contributed by atoms with Gasteiger partial charge in [-0.3, -0.25) is 4.79 Å². The Hall–Kier alpha value is -0.960. The number of hydrogen-bond acceptors (Lipinski definition) is 3. The summed E-state index contributed by atoms with van der Waals surface area (Å²) in [6.07, 6.45) is 1.01. The topological polar surface area (TPSA) is 56.7 Å². The van der Waals surface area contributed by atoms with E-state index in [2.05, 4.69) is 41.6 Å². The van der Waals surface area contributed by atoms with Gasteiger partial charge in [0.15, 0.2) is 5.96 Å². The van der Waals surface area contributed by atoms with Gasteiger partial charge in [-0.25, -0.2) is 4.99 Å². The highest BCUT2D eigenvalue weighted by Gasteiger charge is 2.07. The largest absolute Gasteiger partial charge is 0.356 e. The molecule has 1 amide bonds. The molecule has 1 rings (SSSR count). The molecule has 0 aromatic heterocycles. The maximum absolute atomic E-state index is 11.7. The maximum Gasteiger partial charge on any atom is 0.243 e. The van der Waals surface area contributed by atoms with Gasteiger partial charge in [-0.05, 0) is 18.6 Å². The smallest absolute Gasteiger partial charge is 0.243 e. The molecule has 24 heavy (non-hydrogen) atoms. The molecule has 7 heteroatoms. The van der Waals surface area contributed by atoms with Crippen LogP contribution >= 0.6 is 35.7 Å². The first kappa shape index (κ1) is 23.0. The number of rotatable bonds is 8. The van der Waals surface area contributed by atoms with E-state index in [1.54, 1.807) is 19.0 Å². The first-order valence-electron chi connectivity index (χ1n) is 7.97. The molecule has 0 radical (unpaired) electrons. The molecule has 0 spiro atoms. The van der Waals surface area contributed by atoms with E-state index in [1.807, 2.05) is 30.0 Å². The summed E-state index contributed by atoms with van der Waals surface area (Å²) >= 11 is 1.82. The minimum atomic E-state index is -0.00527. The highest BCUT2D eigenvalue weighted by molar-refractivity contribution is 14.0. The van der Waals surface area contributed by atoms with Gasteiger partial charge >= 0.3 is 0 Å². The summed E-state index contributed by atoms with van der Waals surface area (Å²) in [5, 5.41) is 6.96. The fourth-order valence-electron chi connectivity index (χ4n) is 1.72. The van der Waals surface area contributed by atoms with Crippen molar-refractivity contribution in [2.75, 3.05) is 33.7 Å². The van der Waals surface area contributed by atoms with Crippen LogP contribution in [0.4, 0.5) is 0 Å². The molecule has 0 fully saturated rings. The number of carbonyl (C=O) groups excluding carboxylic acids is 1. The van der Waals surface area contributed by atoms with Crippen LogP contribution in [0.15, 0.2) is 40.2 Å². The number of likely N-dealkylation sites (N-methyl/N-ethyl adjacent to an activating group) is 1. The van der Waals surface area contributed by atoms with Crippen molar-refractivity contribution in [1.82, 2.24) is 15.5 Å². The zero-order valence-corrected chi connectivity index (χ0v) is 18.1. The van der Waals surface area contributed by atoms with Crippen molar-refractivity contribution < 1.29 is 4.79 Å². The fourth-order valence-corrected chi connectivity index (χ4v) is 2.66. The van der Waals surface area contributed by atoms with E-state index in [0.29, 0.717) is 11.2 Å². The van der Waals surface area contributed by atoms with Crippen molar-refractivity contribution in [3.05, 3.63) is 30.3 Å². The Morgan fingerprint density at radius 2 is 1.92 bits per heavy atom. The Morgan fingerprint density at radius 1 is 1.25 bits per heavy atom. The van der Waals surface area contributed by atoms with Gasteiger partial charge in [0, 0.05) is 37.3 Å². The van der Waals surface area contributed by atoms with Gasteiger partial charge < -0.3 is 15.5 Å². The Bertz CT molecular complexity index is 497. The molecule has 2 N–H and O–H groups in total. The van der Waals surface area contributed by atoms with E-state index >= 15 is 0 Å². The van der Waals surface area contributed by atoms with Gasteiger partial charge in [0.2, 0.25) is 5.91 Å². The number of amides is 1. The molecule has 1 unspecified atom stereocenters. The van der Waals surface area contributed by atoms with Crippen LogP contribution in [0.3, 0.4) is 0 Å². The van der Waals surface area contributed by atoms with Gasteiger partial charge in [0.25, 0.3) is 0 Å². The maximum atomic E-state index is 11.7. The van der Waals surface area contributed by atoms with Crippen LogP contribution in [-0.2, 0) is 4.79 Å². The van der Waals surface area contributed by atoms with Gasteiger partial charge in [0.05, 0.1) is 0 Å². The van der Waals surface area contributed by atoms with Crippen LogP contribution in [0.1, 0.15) is 20.3 Å². The zero-order chi connectivity index (χ0) is 17.1. The quantitative estimate of drug-likeness (QED) is 0.269. The van der Waals surface area contributed by atoms with Crippen LogP contribution in [-0.4, -0.2) is 55.7 Å². The second-order valence-corrected chi connectivity index (χ2v) is 7.01. The normalized spacial score (nSPS) is 12.1. The zero-order valence-electron chi connectivity index (χ0n) is 14.9. The Kier molecular flexibility index (Phi) is 12.8. The molecule has 5 nitrogen and oxygen atoms in total. The number of nitrogens with one attached hydrogen (secondary N) is 2. The monoisotopic (exact) mass is 464 g/mol. The minimum absolute atomic E-state index is 0. The van der Waals surface area contributed by atoms with Crippen molar-refractivity contribution in [3.63, 3.8) is 0 Å². The summed E-state index contributed by atoms with van der Waals surface area (Å²) in [5.74, 6) is 0.692. The number of benzene rings is 1. The Balaban J connectivity index is 0.00000529. The highest BCUT2D eigenvalue weighted by Crippen LogP contribution is 2.21. The lowest BCUT2D eigenvalue weighted by molar-refractivity contribution is -0.127. The molecule has 1 aromatic carbocycles. The average Bonchev–Trinajstić information content (AvgIpc) is 2.54. The lowest BCUT2D eigenvalue weighted by Gasteiger charge is -2.16. The Labute approximate surface area is 167 Å². The van der Waals surface area contributed by atoms with E-state index in [9.17, 15) is 4.79 Å². The molecule has 0 saturated heterocycles. The van der Waals surface area contributed by atoms with E-state index in [4.69, 9.17) is 0 Å². The first-order valence-corrected chi connectivity index (χ1v) is 8.85. The lowest BCUT2D eigenvalue weighted by Crippen LogP contribution is -2.41. The van der Waals surface area contributed by atoms with Crippen molar-refractivity contribution >= 4 is 47.6 Å². The molecule has 0 saturated carbocycles. The summed E-state index contributed by atoms with van der Waals surface area (Å²) < 4.78 is 0. The molecule has 0 bridgehead atoms. The van der Waals surface area contributed by atoms with E-state index in [1.165, 1.54) is 4.90 Å². The molecule has 0 aliphatic rings. The lowest BCUT2D eigenvalue weighted by atomic mass is 10.4. The predicted molar refractivity (Wildman–Crippen MR) is 114 cm³/mol. The molecule has 1 aromatic rings. The molecular formula is C17H29IN4OS. The molecular weight excluding hydrogens is 435 g/mol. The van der Waals surface area contributed by atoms with Crippen LogP contribution in [0.25, 0.3) is 0 Å². The first-order chi connectivity index (χ1) is 11.0.